The van der Waals surface area contributed by atoms with Crippen LogP contribution < -0.4 is 5.32 Å². The molecule has 0 saturated heterocycles. The van der Waals surface area contributed by atoms with Gasteiger partial charge in [-0.3, -0.25) is 9.78 Å². The van der Waals surface area contributed by atoms with Gasteiger partial charge in [0.05, 0.1) is 23.4 Å². The van der Waals surface area contributed by atoms with Crippen LogP contribution in [0.2, 0.25) is 0 Å². The fraction of sp³-hybridized carbons (Fsp3) is 0.0714. The quantitative estimate of drug-likeness (QED) is 0.784. The van der Waals surface area contributed by atoms with E-state index in [-0.39, 0.29) is 23.4 Å². The molecule has 1 amide bonds. The number of aromatic nitrogens is 1. The van der Waals surface area contributed by atoms with Gasteiger partial charge in [0.25, 0.3) is 5.91 Å². The first kappa shape index (κ1) is 15.0. The molecule has 0 bridgehead atoms. The zero-order valence-electron chi connectivity index (χ0n) is 10.7. The highest BCUT2D eigenvalue weighted by Gasteiger charge is 2.12. The lowest BCUT2D eigenvalue weighted by molar-refractivity contribution is 0.0696. The van der Waals surface area contributed by atoms with Crippen LogP contribution in [0.25, 0.3) is 0 Å². The monoisotopic (exact) mass is 350 g/mol. The number of carbonyl (C=O) groups is 2. The molecule has 1 aromatic heterocycles. The second-order valence-corrected chi connectivity index (χ2v) is 5.10. The number of aromatic hydroxyl groups is 1. The van der Waals surface area contributed by atoms with Gasteiger partial charge in [-0.05, 0) is 30.3 Å². The number of carboxylic acids is 1. The molecular weight excluding hydrogens is 340 g/mol. The number of amides is 1. The van der Waals surface area contributed by atoms with Gasteiger partial charge in [0.15, 0.2) is 0 Å². The van der Waals surface area contributed by atoms with Crippen LogP contribution in [0, 0.1) is 0 Å². The van der Waals surface area contributed by atoms with E-state index < -0.39 is 11.9 Å². The average molecular weight is 351 g/mol. The SMILES string of the molecule is O=C(O)c1ccnc(CNC(=O)c2cc(Br)ccc2O)c1. The summed E-state index contributed by atoms with van der Waals surface area (Å²) in [4.78, 5) is 26.8. The van der Waals surface area contributed by atoms with Crippen molar-refractivity contribution in [2.45, 2.75) is 6.54 Å². The van der Waals surface area contributed by atoms with Crippen molar-refractivity contribution < 1.29 is 19.8 Å². The van der Waals surface area contributed by atoms with Crippen molar-refractivity contribution in [3.63, 3.8) is 0 Å². The van der Waals surface area contributed by atoms with E-state index in [0.29, 0.717) is 10.2 Å². The van der Waals surface area contributed by atoms with Gasteiger partial charge >= 0.3 is 5.97 Å². The number of carboxylic acid groups (broad SMARTS) is 1. The van der Waals surface area contributed by atoms with Gasteiger partial charge in [0, 0.05) is 10.7 Å². The van der Waals surface area contributed by atoms with Gasteiger partial charge in [-0.15, -0.1) is 0 Å². The van der Waals surface area contributed by atoms with Crippen LogP contribution in [0.1, 0.15) is 26.4 Å². The molecular formula is C14H11BrN2O4. The molecule has 0 unspecified atom stereocenters. The molecule has 0 aliphatic heterocycles. The molecule has 2 rings (SSSR count). The fourth-order valence-corrected chi connectivity index (χ4v) is 2.03. The molecule has 0 spiro atoms. The molecule has 0 fully saturated rings. The third-order valence-corrected chi connectivity index (χ3v) is 3.19. The zero-order chi connectivity index (χ0) is 15.4. The molecule has 0 aliphatic carbocycles. The Kier molecular flexibility index (Phi) is 4.54. The molecule has 3 N–H and O–H groups in total. The predicted molar refractivity (Wildman–Crippen MR) is 78.2 cm³/mol. The maximum absolute atomic E-state index is 12.0. The minimum atomic E-state index is -1.06. The van der Waals surface area contributed by atoms with Gasteiger partial charge in [-0.2, -0.15) is 0 Å². The Bertz CT molecular complexity index is 703. The van der Waals surface area contributed by atoms with E-state index in [2.05, 4.69) is 26.2 Å². The van der Waals surface area contributed by atoms with Crippen molar-refractivity contribution in [2.24, 2.45) is 0 Å². The molecule has 1 aromatic carbocycles. The summed E-state index contributed by atoms with van der Waals surface area (Å²) in [6.07, 6.45) is 1.36. The van der Waals surface area contributed by atoms with Crippen LogP contribution >= 0.6 is 15.9 Å². The van der Waals surface area contributed by atoms with E-state index in [1.807, 2.05) is 0 Å². The van der Waals surface area contributed by atoms with E-state index in [0.717, 1.165) is 0 Å². The largest absolute Gasteiger partial charge is 0.507 e. The van der Waals surface area contributed by atoms with Gasteiger partial charge < -0.3 is 15.5 Å². The number of halogens is 1. The van der Waals surface area contributed by atoms with Gasteiger partial charge in [0.1, 0.15) is 5.75 Å². The van der Waals surface area contributed by atoms with Crippen LogP contribution in [0.15, 0.2) is 41.0 Å². The molecule has 108 valence electrons. The van der Waals surface area contributed by atoms with Crippen molar-refractivity contribution in [3.8, 4) is 5.75 Å². The maximum atomic E-state index is 12.0. The fourth-order valence-electron chi connectivity index (χ4n) is 1.66. The molecule has 0 atom stereocenters. The highest BCUT2D eigenvalue weighted by molar-refractivity contribution is 9.10. The summed E-state index contributed by atoms with van der Waals surface area (Å²) in [7, 11) is 0. The molecule has 6 nitrogen and oxygen atoms in total. The maximum Gasteiger partial charge on any atom is 0.335 e. The molecule has 0 saturated carbocycles. The summed E-state index contributed by atoms with van der Waals surface area (Å²) >= 11 is 3.22. The smallest absolute Gasteiger partial charge is 0.335 e. The first-order chi connectivity index (χ1) is 9.97. The summed E-state index contributed by atoms with van der Waals surface area (Å²) in [5.74, 6) is -1.67. The van der Waals surface area contributed by atoms with E-state index in [1.54, 1.807) is 6.07 Å². The molecule has 21 heavy (non-hydrogen) atoms. The summed E-state index contributed by atoms with van der Waals surface area (Å²) in [5, 5.41) is 21.1. The first-order valence-electron chi connectivity index (χ1n) is 5.92. The topological polar surface area (TPSA) is 99.5 Å². The lowest BCUT2D eigenvalue weighted by Gasteiger charge is -2.07. The minimum absolute atomic E-state index is 0.0614. The standard InChI is InChI=1S/C14H11BrN2O4/c15-9-1-2-12(18)11(6-9)13(19)17-7-10-5-8(14(20)21)3-4-16-10/h1-6,18H,7H2,(H,17,19)(H,20,21). The van der Waals surface area contributed by atoms with Crippen molar-refractivity contribution in [1.29, 1.82) is 0 Å². The summed E-state index contributed by atoms with van der Waals surface area (Å²) in [6.45, 7) is 0.0614. The van der Waals surface area contributed by atoms with E-state index >= 15 is 0 Å². The number of nitrogens with one attached hydrogen (secondary N) is 1. The highest BCUT2D eigenvalue weighted by atomic mass is 79.9. The van der Waals surface area contributed by atoms with Crippen LogP contribution in [0.5, 0.6) is 5.75 Å². The Morgan fingerprint density at radius 1 is 1.24 bits per heavy atom. The van der Waals surface area contributed by atoms with E-state index in [9.17, 15) is 14.7 Å². The normalized spacial score (nSPS) is 10.1. The zero-order valence-corrected chi connectivity index (χ0v) is 12.3. The lowest BCUT2D eigenvalue weighted by Crippen LogP contribution is -2.23. The van der Waals surface area contributed by atoms with Crippen LogP contribution in [0.3, 0.4) is 0 Å². The van der Waals surface area contributed by atoms with E-state index in [4.69, 9.17) is 5.11 Å². The number of hydrogen-bond donors (Lipinski definition) is 3. The van der Waals surface area contributed by atoms with Gasteiger partial charge in [-0.1, -0.05) is 15.9 Å². The Balaban J connectivity index is 2.09. The second kappa shape index (κ2) is 6.36. The number of rotatable bonds is 4. The second-order valence-electron chi connectivity index (χ2n) is 4.19. The number of nitrogens with zero attached hydrogens (tertiary/aromatic N) is 1. The average Bonchev–Trinajstić information content (AvgIpc) is 2.47. The lowest BCUT2D eigenvalue weighted by atomic mass is 10.2. The number of phenols is 1. The van der Waals surface area contributed by atoms with Crippen molar-refractivity contribution in [2.75, 3.05) is 0 Å². The first-order valence-corrected chi connectivity index (χ1v) is 6.71. The molecule has 2 aromatic rings. The summed E-state index contributed by atoms with van der Waals surface area (Å²) in [5.41, 5.74) is 0.635. The van der Waals surface area contributed by atoms with E-state index in [1.165, 1.54) is 30.5 Å². The van der Waals surface area contributed by atoms with Crippen LogP contribution in [-0.2, 0) is 6.54 Å². The van der Waals surface area contributed by atoms with Crippen molar-refractivity contribution in [1.82, 2.24) is 10.3 Å². The summed E-state index contributed by atoms with van der Waals surface area (Å²) in [6, 6.07) is 7.26. The number of benzene rings is 1. The van der Waals surface area contributed by atoms with Gasteiger partial charge in [-0.25, -0.2) is 4.79 Å². The minimum Gasteiger partial charge on any atom is -0.507 e. The number of hydrogen-bond acceptors (Lipinski definition) is 4. The summed E-state index contributed by atoms with van der Waals surface area (Å²) < 4.78 is 0.663. The van der Waals surface area contributed by atoms with Crippen LogP contribution in [-0.4, -0.2) is 27.1 Å². The highest BCUT2D eigenvalue weighted by Crippen LogP contribution is 2.21. The third-order valence-electron chi connectivity index (χ3n) is 2.70. The molecule has 7 heteroatoms. The number of pyridine rings is 1. The Labute approximate surface area is 128 Å². The third kappa shape index (κ3) is 3.79. The van der Waals surface area contributed by atoms with Crippen molar-refractivity contribution >= 4 is 27.8 Å². The van der Waals surface area contributed by atoms with Gasteiger partial charge in [0.2, 0.25) is 0 Å². The number of aromatic carboxylic acids is 1. The van der Waals surface area contributed by atoms with Crippen molar-refractivity contribution in [3.05, 3.63) is 57.8 Å². The number of phenolic OH excluding ortho intramolecular Hbond substituents is 1. The predicted octanol–water partition coefficient (Wildman–Crippen LogP) is 2.18. The Morgan fingerprint density at radius 2 is 2.00 bits per heavy atom. The Morgan fingerprint density at radius 3 is 2.71 bits per heavy atom. The molecule has 0 aliphatic rings. The Hall–Kier alpha value is -2.41. The number of carbonyl (C=O) groups excluding carboxylic acids is 1. The molecule has 0 radical (unpaired) electrons. The van der Waals surface area contributed by atoms with Crippen LogP contribution in [0.4, 0.5) is 0 Å². The molecule has 1 heterocycles.